The topological polar surface area (TPSA) is 80.1 Å². The van der Waals surface area contributed by atoms with Crippen molar-refractivity contribution in [2.75, 3.05) is 0 Å². The van der Waals surface area contributed by atoms with E-state index in [-0.39, 0.29) is 5.91 Å². The summed E-state index contributed by atoms with van der Waals surface area (Å²) in [7, 11) is 0. The molecule has 0 saturated heterocycles. The van der Waals surface area contributed by atoms with E-state index in [0.717, 1.165) is 44.3 Å². The number of fused-ring (bicyclic) bond motifs is 1. The van der Waals surface area contributed by atoms with Gasteiger partial charge in [-0.25, -0.2) is 20.4 Å². The zero-order valence-corrected chi connectivity index (χ0v) is 20.0. The van der Waals surface area contributed by atoms with Gasteiger partial charge in [0.05, 0.1) is 11.7 Å². The molecule has 33 heavy (non-hydrogen) atoms. The van der Waals surface area contributed by atoms with Gasteiger partial charge in [0.15, 0.2) is 5.16 Å². The Labute approximate surface area is 201 Å². The van der Waals surface area contributed by atoms with Crippen LogP contribution >= 0.6 is 23.4 Å². The molecule has 0 atom stereocenters. The SMILES string of the molecule is Cc1ccc2cc(/C=N/NC(=O)c3ccc(CSc4nc(C)cc(C)n4)cc3)c(Cl)nc2c1. The van der Waals surface area contributed by atoms with Gasteiger partial charge in [-0.15, -0.1) is 0 Å². The van der Waals surface area contributed by atoms with Crippen LogP contribution in [0.4, 0.5) is 0 Å². The number of carbonyl (C=O) groups is 1. The molecule has 0 aliphatic heterocycles. The van der Waals surface area contributed by atoms with Crippen molar-refractivity contribution in [1.29, 1.82) is 0 Å². The van der Waals surface area contributed by atoms with Crippen LogP contribution in [0.3, 0.4) is 0 Å². The first-order chi connectivity index (χ1) is 15.9. The van der Waals surface area contributed by atoms with Gasteiger partial charge in [-0.2, -0.15) is 5.10 Å². The number of hydrogen-bond donors (Lipinski definition) is 1. The van der Waals surface area contributed by atoms with Gasteiger partial charge in [0, 0.05) is 33.7 Å². The highest BCUT2D eigenvalue weighted by atomic mass is 35.5. The second-order valence-corrected chi connectivity index (χ2v) is 8.98. The van der Waals surface area contributed by atoms with Crippen molar-refractivity contribution < 1.29 is 4.79 Å². The molecule has 1 amide bonds. The van der Waals surface area contributed by atoms with Crippen molar-refractivity contribution in [3.63, 3.8) is 0 Å². The third-order valence-corrected chi connectivity index (χ3v) is 6.09. The number of thioether (sulfide) groups is 1. The Balaban J connectivity index is 1.36. The van der Waals surface area contributed by atoms with Gasteiger partial charge in [0.1, 0.15) is 5.15 Å². The summed E-state index contributed by atoms with van der Waals surface area (Å²) in [5.74, 6) is 0.416. The average molecular weight is 476 g/mol. The lowest BCUT2D eigenvalue weighted by atomic mass is 10.1. The second kappa shape index (κ2) is 10.1. The Hall–Kier alpha value is -3.29. The summed E-state index contributed by atoms with van der Waals surface area (Å²) in [6, 6.07) is 17.2. The minimum Gasteiger partial charge on any atom is -0.267 e. The summed E-state index contributed by atoms with van der Waals surface area (Å²) in [5.41, 5.74) is 8.61. The van der Waals surface area contributed by atoms with Crippen LogP contribution in [-0.2, 0) is 5.75 Å². The molecule has 2 heterocycles. The molecular weight excluding hydrogens is 454 g/mol. The Morgan fingerprint density at radius 1 is 1.00 bits per heavy atom. The Kier molecular flexibility index (Phi) is 7.01. The first kappa shape index (κ1) is 22.9. The van der Waals surface area contributed by atoms with Crippen LogP contribution < -0.4 is 5.43 Å². The Morgan fingerprint density at radius 2 is 1.73 bits per heavy atom. The quantitative estimate of drug-likeness (QED) is 0.128. The van der Waals surface area contributed by atoms with Crippen LogP contribution in [0, 0.1) is 20.8 Å². The number of hydrogen-bond acceptors (Lipinski definition) is 6. The Bertz CT molecular complexity index is 1340. The number of nitrogens with one attached hydrogen (secondary N) is 1. The standard InChI is InChI=1S/C25H22ClN5OS/c1-15-4-7-20-12-21(23(26)30-22(20)10-15)13-27-31-24(32)19-8-5-18(6-9-19)14-33-25-28-16(2)11-17(3)29-25/h4-13H,14H2,1-3H3,(H,31,32)/b27-13+. The maximum atomic E-state index is 12.4. The number of hydrazone groups is 1. The van der Waals surface area contributed by atoms with Crippen molar-refractivity contribution in [2.24, 2.45) is 5.10 Å². The molecule has 0 aliphatic carbocycles. The number of pyridine rings is 1. The second-order valence-electron chi connectivity index (χ2n) is 7.68. The van der Waals surface area contributed by atoms with Crippen LogP contribution in [0.2, 0.25) is 5.15 Å². The molecule has 4 rings (SSSR count). The molecule has 0 radical (unpaired) electrons. The lowest BCUT2D eigenvalue weighted by Crippen LogP contribution is -2.17. The normalized spacial score (nSPS) is 11.3. The maximum Gasteiger partial charge on any atom is 0.271 e. The number of carbonyl (C=O) groups excluding carboxylic acids is 1. The van der Waals surface area contributed by atoms with Crippen molar-refractivity contribution in [3.8, 4) is 0 Å². The number of amides is 1. The molecular formula is C25H22ClN5OS. The zero-order chi connectivity index (χ0) is 23.4. The highest BCUT2D eigenvalue weighted by molar-refractivity contribution is 7.98. The molecule has 0 bridgehead atoms. The van der Waals surface area contributed by atoms with E-state index in [0.29, 0.717) is 16.3 Å². The maximum absolute atomic E-state index is 12.4. The monoisotopic (exact) mass is 475 g/mol. The highest BCUT2D eigenvalue weighted by Gasteiger charge is 2.07. The van der Waals surface area contributed by atoms with E-state index in [9.17, 15) is 4.79 Å². The average Bonchev–Trinajstić information content (AvgIpc) is 2.78. The first-order valence-corrected chi connectivity index (χ1v) is 11.7. The van der Waals surface area contributed by atoms with E-state index in [1.165, 1.54) is 6.21 Å². The lowest BCUT2D eigenvalue weighted by molar-refractivity contribution is 0.0955. The third kappa shape index (κ3) is 5.94. The molecule has 166 valence electrons. The number of aryl methyl sites for hydroxylation is 3. The van der Waals surface area contributed by atoms with Crippen LogP contribution in [0.5, 0.6) is 0 Å². The lowest BCUT2D eigenvalue weighted by Gasteiger charge is -2.05. The largest absolute Gasteiger partial charge is 0.271 e. The van der Waals surface area contributed by atoms with E-state index < -0.39 is 0 Å². The van der Waals surface area contributed by atoms with Crippen LogP contribution in [-0.4, -0.2) is 27.1 Å². The molecule has 6 nitrogen and oxygen atoms in total. The van der Waals surface area contributed by atoms with Crippen LogP contribution in [0.25, 0.3) is 10.9 Å². The fraction of sp³-hybridized carbons (Fsp3) is 0.160. The predicted octanol–water partition coefficient (Wildman–Crippen LogP) is 5.66. The van der Waals surface area contributed by atoms with Crippen LogP contribution in [0.15, 0.2) is 64.9 Å². The number of benzene rings is 2. The smallest absolute Gasteiger partial charge is 0.267 e. The van der Waals surface area contributed by atoms with E-state index in [2.05, 4.69) is 25.5 Å². The molecule has 0 spiro atoms. The van der Waals surface area contributed by atoms with Gasteiger partial charge < -0.3 is 0 Å². The van der Waals surface area contributed by atoms with Gasteiger partial charge in [-0.3, -0.25) is 4.79 Å². The van der Waals surface area contributed by atoms with E-state index in [1.807, 2.05) is 63.2 Å². The first-order valence-electron chi connectivity index (χ1n) is 10.3. The molecule has 0 fully saturated rings. The van der Waals surface area contributed by atoms with Crippen LogP contribution in [0.1, 0.15) is 38.4 Å². The summed E-state index contributed by atoms with van der Waals surface area (Å²) in [4.78, 5) is 25.7. The summed E-state index contributed by atoms with van der Waals surface area (Å²) < 4.78 is 0. The summed E-state index contributed by atoms with van der Waals surface area (Å²) >= 11 is 7.84. The predicted molar refractivity (Wildman–Crippen MR) is 134 cm³/mol. The third-order valence-electron chi connectivity index (χ3n) is 4.87. The molecule has 2 aromatic carbocycles. The molecule has 2 aromatic heterocycles. The molecule has 0 saturated carbocycles. The van der Waals surface area contributed by atoms with Gasteiger partial charge in [-0.1, -0.05) is 47.6 Å². The number of nitrogens with zero attached hydrogens (tertiary/aromatic N) is 4. The van der Waals surface area contributed by atoms with Crippen molar-refractivity contribution in [3.05, 3.63) is 93.4 Å². The van der Waals surface area contributed by atoms with E-state index >= 15 is 0 Å². The molecule has 8 heteroatoms. The van der Waals surface area contributed by atoms with Crippen molar-refractivity contribution in [2.45, 2.75) is 31.7 Å². The summed E-state index contributed by atoms with van der Waals surface area (Å²) in [6.07, 6.45) is 1.50. The zero-order valence-electron chi connectivity index (χ0n) is 18.5. The summed E-state index contributed by atoms with van der Waals surface area (Å²) in [5, 5.41) is 6.09. The molecule has 1 N–H and O–H groups in total. The number of halogens is 1. The highest BCUT2D eigenvalue weighted by Crippen LogP contribution is 2.21. The number of aromatic nitrogens is 3. The van der Waals surface area contributed by atoms with Crippen molar-refractivity contribution >= 4 is 46.4 Å². The molecule has 4 aromatic rings. The number of rotatable bonds is 6. The van der Waals surface area contributed by atoms with E-state index in [1.54, 1.807) is 23.9 Å². The molecule has 0 aliphatic rings. The van der Waals surface area contributed by atoms with Crippen molar-refractivity contribution in [1.82, 2.24) is 20.4 Å². The summed E-state index contributed by atoms with van der Waals surface area (Å²) in [6.45, 7) is 5.92. The van der Waals surface area contributed by atoms with Gasteiger partial charge >= 0.3 is 0 Å². The van der Waals surface area contributed by atoms with Gasteiger partial charge in [-0.05, 0) is 62.2 Å². The Morgan fingerprint density at radius 3 is 2.45 bits per heavy atom. The fourth-order valence-electron chi connectivity index (χ4n) is 3.24. The van der Waals surface area contributed by atoms with Gasteiger partial charge in [0.25, 0.3) is 5.91 Å². The van der Waals surface area contributed by atoms with Gasteiger partial charge in [0.2, 0.25) is 0 Å². The minimum absolute atomic E-state index is 0.302. The minimum atomic E-state index is -0.302. The molecule has 0 unspecified atom stereocenters. The fourth-order valence-corrected chi connectivity index (χ4v) is 4.34. The van der Waals surface area contributed by atoms with E-state index in [4.69, 9.17) is 11.6 Å².